The van der Waals surface area contributed by atoms with E-state index in [0.29, 0.717) is 19.5 Å². The van der Waals surface area contributed by atoms with Crippen molar-refractivity contribution >= 4 is 11.8 Å². The van der Waals surface area contributed by atoms with E-state index in [0.717, 1.165) is 32.1 Å². The van der Waals surface area contributed by atoms with Gasteiger partial charge < -0.3 is 16.4 Å². The SMILES string of the molecule is CCNC(=O)CCNC(=O)C1(N)CCCCC1. The normalized spacial score (nSPS) is 18.5. The molecule has 2 amide bonds. The lowest BCUT2D eigenvalue weighted by molar-refractivity contribution is -0.127. The van der Waals surface area contributed by atoms with Crippen molar-refractivity contribution in [3.05, 3.63) is 0 Å². The van der Waals surface area contributed by atoms with Gasteiger partial charge in [0.05, 0.1) is 5.54 Å². The van der Waals surface area contributed by atoms with Gasteiger partial charge in [0, 0.05) is 19.5 Å². The zero-order valence-corrected chi connectivity index (χ0v) is 10.6. The standard InChI is InChI=1S/C12H23N3O2/c1-2-14-10(16)6-9-15-11(17)12(13)7-4-3-5-8-12/h2-9,13H2,1H3,(H,14,16)(H,15,17). The van der Waals surface area contributed by atoms with E-state index < -0.39 is 5.54 Å². The van der Waals surface area contributed by atoms with Crippen molar-refractivity contribution < 1.29 is 9.59 Å². The van der Waals surface area contributed by atoms with Crippen LogP contribution in [0.15, 0.2) is 0 Å². The van der Waals surface area contributed by atoms with Gasteiger partial charge in [0.2, 0.25) is 11.8 Å². The van der Waals surface area contributed by atoms with Crippen LogP contribution in [0.5, 0.6) is 0 Å². The van der Waals surface area contributed by atoms with E-state index in [1.165, 1.54) is 0 Å². The second-order valence-electron chi connectivity index (χ2n) is 4.68. The Hall–Kier alpha value is -1.10. The zero-order valence-electron chi connectivity index (χ0n) is 10.6. The molecule has 17 heavy (non-hydrogen) atoms. The maximum Gasteiger partial charge on any atom is 0.240 e. The first kappa shape index (κ1) is 14.0. The van der Waals surface area contributed by atoms with Crippen LogP contribution in [0.2, 0.25) is 0 Å². The lowest BCUT2D eigenvalue weighted by Gasteiger charge is -2.31. The summed E-state index contributed by atoms with van der Waals surface area (Å²) in [5.41, 5.74) is 5.36. The van der Waals surface area contributed by atoms with E-state index in [2.05, 4.69) is 10.6 Å². The number of nitrogens with one attached hydrogen (secondary N) is 2. The number of carbonyl (C=O) groups is 2. The van der Waals surface area contributed by atoms with Gasteiger partial charge in [0.1, 0.15) is 0 Å². The first-order valence-corrected chi connectivity index (χ1v) is 6.42. The summed E-state index contributed by atoms with van der Waals surface area (Å²) in [5, 5.41) is 5.44. The van der Waals surface area contributed by atoms with Crippen molar-refractivity contribution in [2.45, 2.75) is 51.0 Å². The summed E-state index contributed by atoms with van der Waals surface area (Å²) in [6.45, 7) is 2.85. The molecule has 0 aromatic rings. The monoisotopic (exact) mass is 241 g/mol. The second-order valence-corrected chi connectivity index (χ2v) is 4.68. The Bertz CT molecular complexity index is 273. The summed E-state index contributed by atoms with van der Waals surface area (Å²) in [5.74, 6) is -0.149. The molecule has 0 saturated heterocycles. The molecule has 0 atom stereocenters. The highest BCUT2D eigenvalue weighted by atomic mass is 16.2. The van der Waals surface area contributed by atoms with E-state index in [1.807, 2.05) is 6.92 Å². The molecular formula is C12H23N3O2. The van der Waals surface area contributed by atoms with Crippen LogP contribution in [0.1, 0.15) is 45.4 Å². The van der Waals surface area contributed by atoms with Crippen LogP contribution in [-0.4, -0.2) is 30.4 Å². The van der Waals surface area contributed by atoms with E-state index in [1.54, 1.807) is 0 Å². The summed E-state index contributed by atoms with van der Waals surface area (Å²) in [6, 6.07) is 0. The molecule has 0 unspecified atom stereocenters. The molecule has 0 radical (unpaired) electrons. The summed E-state index contributed by atoms with van der Waals surface area (Å²) in [4.78, 5) is 23.1. The first-order valence-electron chi connectivity index (χ1n) is 6.42. The summed E-state index contributed by atoms with van der Waals surface area (Å²) in [6.07, 6.45) is 5.00. The van der Waals surface area contributed by atoms with Crippen LogP contribution >= 0.6 is 0 Å². The number of hydrogen-bond acceptors (Lipinski definition) is 3. The molecule has 0 heterocycles. The fraction of sp³-hybridized carbons (Fsp3) is 0.833. The van der Waals surface area contributed by atoms with Crippen LogP contribution in [-0.2, 0) is 9.59 Å². The van der Waals surface area contributed by atoms with Gasteiger partial charge in [-0.1, -0.05) is 19.3 Å². The van der Waals surface area contributed by atoms with Crippen molar-refractivity contribution in [3.8, 4) is 0 Å². The maximum atomic E-state index is 11.9. The van der Waals surface area contributed by atoms with E-state index in [9.17, 15) is 9.59 Å². The fourth-order valence-corrected chi connectivity index (χ4v) is 2.16. The molecule has 1 aliphatic carbocycles. The molecule has 0 aromatic carbocycles. The van der Waals surface area contributed by atoms with Crippen molar-refractivity contribution in [2.75, 3.05) is 13.1 Å². The van der Waals surface area contributed by atoms with Gasteiger partial charge in [-0.05, 0) is 19.8 Å². The third-order valence-corrected chi connectivity index (χ3v) is 3.21. The Morgan fingerprint density at radius 1 is 1.18 bits per heavy atom. The molecule has 0 spiro atoms. The average molecular weight is 241 g/mol. The van der Waals surface area contributed by atoms with E-state index in [-0.39, 0.29) is 11.8 Å². The summed E-state index contributed by atoms with van der Waals surface area (Å²) < 4.78 is 0. The van der Waals surface area contributed by atoms with E-state index in [4.69, 9.17) is 5.73 Å². The highest BCUT2D eigenvalue weighted by Crippen LogP contribution is 2.25. The minimum Gasteiger partial charge on any atom is -0.356 e. The van der Waals surface area contributed by atoms with Crippen LogP contribution in [0, 0.1) is 0 Å². The number of carbonyl (C=O) groups excluding carboxylic acids is 2. The molecule has 1 saturated carbocycles. The lowest BCUT2D eigenvalue weighted by atomic mass is 9.82. The smallest absolute Gasteiger partial charge is 0.240 e. The Kier molecular flexibility index (Phi) is 5.41. The van der Waals surface area contributed by atoms with Crippen molar-refractivity contribution in [3.63, 3.8) is 0 Å². The van der Waals surface area contributed by atoms with Gasteiger partial charge >= 0.3 is 0 Å². The summed E-state index contributed by atoms with van der Waals surface area (Å²) in [7, 11) is 0. The van der Waals surface area contributed by atoms with Crippen molar-refractivity contribution in [2.24, 2.45) is 5.73 Å². The molecule has 4 N–H and O–H groups in total. The second kappa shape index (κ2) is 6.59. The minimum absolute atomic E-state index is 0.0393. The van der Waals surface area contributed by atoms with Crippen LogP contribution in [0.3, 0.4) is 0 Å². The van der Waals surface area contributed by atoms with E-state index >= 15 is 0 Å². The number of hydrogen-bond donors (Lipinski definition) is 3. The van der Waals surface area contributed by atoms with Crippen LogP contribution in [0.25, 0.3) is 0 Å². The minimum atomic E-state index is -0.709. The van der Waals surface area contributed by atoms with Gasteiger partial charge in [-0.25, -0.2) is 0 Å². The molecule has 1 aliphatic rings. The number of amides is 2. The van der Waals surface area contributed by atoms with Gasteiger partial charge in [0.15, 0.2) is 0 Å². The third-order valence-electron chi connectivity index (χ3n) is 3.21. The molecule has 0 bridgehead atoms. The van der Waals surface area contributed by atoms with Crippen LogP contribution in [0.4, 0.5) is 0 Å². The molecule has 5 heteroatoms. The Morgan fingerprint density at radius 3 is 2.41 bits per heavy atom. The Balaban J connectivity index is 2.26. The predicted molar refractivity (Wildman–Crippen MR) is 66.3 cm³/mol. The topological polar surface area (TPSA) is 84.2 Å². The van der Waals surface area contributed by atoms with Gasteiger partial charge in [-0.15, -0.1) is 0 Å². The van der Waals surface area contributed by atoms with Gasteiger partial charge in [0.25, 0.3) is 0 Å². The molecular weight excluding hydrogens is 218 g/mol. The highest BCUT2D eigenvalue weighted by Gasteiger charge is 2.34. The molecule has 0 aliphatic heterocycles. The van der Waals surface area contributed by atoms with Crippen LogP contribution < -0.4 is 16.4 Å². The number of nitrogens with two attached hydrogens (primary N) is 1. The summed E-state index contributed by atoms with van der Waals surface area (Å²) >= 11 is 0. The molecule has 1 rings (SSSR count). The average Bonchev–Trinajstić information content (AvgIpc) is 2.30. The Morgan fingerprint density at radius 2 is 1.82 bits per heavy atom. The largest absolute Gasteiger partial charge is 0.356 e. The molecule has 98 valence electrons. The molecule has 0 aromatic heterocycles. The molecule has 5 nitrogen and oxygen atoms in total. The third kappa shape index (κ3) is 4.34. The lowest BCUT2D eigenvalue weighted by Crippen LogP contribution is -2.55. The molecule has 1 fully saturated rings. The first-order chi connectivity index (χ1) is 8.08. The fourth-order valence-electron chi connectivity index (χ4n) is 2.16. The van der Waals surface area contributed by atoms with Gasteiger partial charge in [-0.3, -0.25) is 9.59 Å². The van der Waals surface area contributed by atoms with Gasteiger partial charge in [-0.2, -0.15) is 0 Å². The highest BCUT2D eigenvalue weighted by molar-refractivity contribution is 5.86. The predicted octanol–water partition coefficient (Wildman–Crippen LogP) is 0.290. The Labute approximate surface area is 103 Å². The number of rotatable bonds is 5. The zero-order chi connectivity index (χ0) is 12.7. The van der Waals surface area contributed by atoms with Crippen molar-refractivity contribution in [1.29, 1.82) is 0 Å². The maximum absolute atomic E-state index is 11.9. The van der Waals surface area contributed by atoms with Crippen molar-refractivity contribution in [1.82, 2.24) is 10.6 Å². The quantitative estimate of drug-likeness (QED) is 0.647.